The lowest BCUT2D eigenvalue weighted by Gasteiger charge is -2.02. The van der Waals surface area contributed by atoms with Crippen molar-refractivity contribution in [1.82, 2.24) is 0 Å². The van der Waals surface area contributed by atoms with Gasteiger partial charge in [0.05, 0.1) is 7.11 Å². The van der Waals surface area contributed by atoms with Crippen LogP contribution < -0.4 is 10.2 Å². The van der Waals surface area contributed by atoms with Crippen molar-refractivity contribution in [2.75, 3.05) is 7.11 Å². The fourth-order valence-electron chi connectivity index (χ4n) is 1.48. The number of methoxy groups -OCH3 is 1. The molecule has 0 aliphatic carbocycles. The Kier molecular flexibility index (Phi) is 3.37. The van der Waals surface area contributed by atoms with Gasteiger partial charge in [-0.15, -0.1) is 0 Å². The monoisotopic (exact) mass is 232 g/mol. The summed E-state index contributed by atoms with van der Waals surface area (Å²) >= 11 is 1.55. The average Bonchev–Trinajstić information content (AvgIpc) is 2.33. The van der Waals surface area contributed by atoms with Crippen molar-refractivity contribution in [3.8, 4) is 5.75 Å². The van der Waals surface area contributed by atoms with E-state index in [0.29, 0.717) is 6.42 Å². The molecule has 0 spiro atoms. The van der Waals surface area contributed by atoms with Crippen LogP contribution in [0.1, 0.15) is 11.1 Å². The molecule has 0 fully saturated rings. The molecule has 0 bridgehead atoms. The minimum Gasteiger partial charge on any atom is -0.497 e. The average molecular weight is 232 g/mol. The first-order valence-electron chi connectivity index (χ1n) is 4.98. The van der Waals surface area contributed by atoms with E-state index in [1.807, 2.05) is 29.6 Å². The van der Waals surface area contributed by atoms with Gasteiger partial charge < -0.3 is 4.74 Å². The third-order valence-electron chi connectivity index (χ3n) is 2.38. The molecule has 1 aromatic heterocycles. The summed E-state index contributed by atoms with van der Waals surface area (Å²) in [5, 5.41) is 3.71. The maximum absolute atomic E-state index is 11.5. The van der Waals surface area contributed by atoms with Crippen LogP contribution in [0.5, 0.6) is 5.75 Å². The van der Waals surface area contributed by atoms with Crippen molar-refractivity contribution in [1.29, 1.82) is 0 Å². The van der Waals surface area contributed by atoms with Crippen molar-refractivity contribution < 1.29 is 4.74 Å². The molecule has 0 amide bonds. The van der Waals surface area contributed by atoms with E-state index in [1.165, 1.54) is 0 Å². The lowest BCUT2D eigenvalue weighted by molar-refractivity contribution is 0.414. The third kappa shape index (κ3) is 2.49. The van der Waals surface area contributed by atoms with Gasteiger partial charge >= 0.3 is 0 Å². The Balaban J connectivity index is 2.21. The lowest BCUT2D eigenvalue weighted by atomic mass is 10.1. The summed E-state index contributed by atoms with van der Waals surface area (Å²) in [4.78, 5) is 11.5. The zero-order valence-corrected chi connectivity index (χ0v) is 9.79. The first-order valence-corrected chi connectivity index (χ1v) is 5.92. The summed E-state index contributed by atoms with van der Waals surface area (Å²) in [6.45, 7) is 0. The van der Waals surface area contributed by atoms with Crippen LogP contribution in [0.25, 0.3) is 0 Å². The van der Waals surface area contributed by atoms with Crippen LogP contribution in [-0.2, 0) is 6.42 Å². The molecule has 1 heterocycles. The highest BCUT2D eigenvalue weighted by molar-refractivity contribution is 7.07. The molecule has 0 aliphatic heterocycles. The molecule has 2 aromatic rings. The molecule has 0 radical (unpaired) electrons. The van der Waals surface area contributed by atoms with Crippen LogP contribution in [0.3, 0.4) is 0 Å². The van der Waals surface area contributed by atoms with Gasteiger partial charge in [0.2, 0.25) is 0 Å². The predicted molar refractivity (Wildman–Crippen MR) is 66.4 cm³/mol. The molecule has 2 nitrogen and oxygen atoms in total. The topological polar surface area (TPSA) is 26.3 Å². The number of rotatable bonds is 3. The maximum atomic E-state index is 11.5. The van der Waals surface area contributed by atoms with Gasteiger partial charge in [-0.3, -0.25) is 4.79 Å². The standard InChI is InChI=1S/C13H12O2S/c1-15-12-4-2-10(3-5-12)8-11-9-16-7-6-13(11)14/h2-7,9H,8H2,1H3. The first-order chi connectivity index (χ1) is 7.79. The summed E-state index contributed by atoms with van der Waals surface area (Å²) in [7, 11) is 1.64. The highest BCUT2D eigenvalue weighted by Crippen LogP contribution is 2.13. The van der Waals surface area contributed by atoms with Gasteiger partial charge in [0.1, 0.15) is 5.75 Å². The van der Waals surface area contributed by atoms with Crippen LogP contribution >= 0.6 is 11.3 Å². The van der Waals surface area contributed by atoms with Gasteiger partial charge in [0.15, 0.2) is 5.43 Å². The normalized spacial score (nSPS) is 10.1. The van der Waals surface area contributed by atoms with Crippen LogP contribution in [0.15, 0.2) is 45.9 Å². The summed E-state index contributed by atoms with van der Waals surface area (Å²) in [5.41, 5.74) is 2.07. The number of ether oxygens (including phenoxy) is 1. The van der Waals surface area contributed by atoms with Gasteiger partial charge in [0, 0.05) is 12.0 Å². The minimum atomic E-state index is 0.106. The molecular formula is C13H12O2S. The lowest BCUT2D eigenvalue weighted by Crippen LogP contribution is -2.05. The van der Waals surface area contributed by atoms with E-state index in [2.05, 4.69) is 0 Å². The van der Waals surface area contributed by atoms with Crippen molar-refractivity contribution in [2.45, 2.75) is 6.42 Å². The second-order valence-corrected chi connectivity index (χ2v) is 4.25. The Labute approximate surface area is 98.1 Å². The van der Waals surface area contributed by atoms with E-state index >= 15 is 0 Å². The smallest absolute Gasteiger partial charge is 0.183 e. The maximum Gasteiger partial charge on any atom is 0.183 e. The fourth-order valence-corrected chi connectivity index (χ4v) is 2.12. The van der Waals surface area contributed by atoms with Crippen molar-refractivity contribution in [3.63, 3.8) is 0 Å². The molecule has 2 rings (SSSR count). The van der Waals surface area contributed by atoms with Crippen LogP contribution in [0, 0.1) is 0 Å². The zero-order valence-electron chi connectivity index (χ0n) is 8.97. The van der Waals surface area contributed by atoms with Gasteiger partial charge in [0.25, 0.3) is 0 Å². The van der Waals surface area contributed by atoms with E-state index in [4.69, 9.17) is 4.74 Å². The van der Waals surface area contributed by atoms with E-state index in [0.717, 1.165) is 16.9 Å². The van der Waals surface area contributed by atoms with Gasteiger partial charge in [-0.25, -0.2) is 0 Å². The molecule has 16 heavy (non-hydrogen) atoms. The molecule has 0 N–H and O–H groups in total. The van der Waals surface area contributed by atoms with Crippen LogP contribution in [-0.4, -0.2) is 7.11 Å². The summed E-state index contributed by atoms with van der Waals surface area (Å²) in [6.07, 6.45) is 0.681. The van der Waals surface area contributed by atoms with Crippen molar-refractivity contribution >= 4 is 11.3 Å². The molecule has 0 aliphatic rings. The largest absolute Gasteiger partial charge is 0.497 e. The fraction of sp³-hybridized carbons (Fsp3) is 0.154. The molecular weight excluding hydrogens is 220 g/mol. The van der Waals surface area contributed by atoms with Crippen molar-refractivity contribution in [3.05, 3.63) is 62.4 Å². The van der Waals surface area contributed by atoms with E-state index in [9.17, 15) is 4.79 Å². The van der Waals surface area contributed by atoms with Gasteiger partial charge in [-0.1, -0.05) is 12.1 Å². The summed E-state index contributed by atoms with van der Waals surface area (Å²) in [6, 6.07) is 9.40. The number of benzene rings is 1. The van der Waals surface area contributed by atoms with E-state index in [1.54, 1.807) is 29.9 Å². The van der Waals surface area contributed by atoms with Crippen LogP contribution in [0.4, 0.5) is 0 Å². The van der Waals surface area contributed by atoms with E-state index < -0.39 is 0 Å². The zero-order chi connectivity index (χ0) is 11.4. The first kappa shape index (κ1) is 10.9. The molecule has 0 saturated heterocycles. The molecule has 0 atom stereocenters. The van der Waals surface area contributed by atoms with E-state index in [-0.39, 0.29) is 5.43 Å². The summed E-state index contributed by atoms with van der Waals surface area (Å²) in [5.74, 6) is 0.835. The second kappa shape index (κ2) is 4.94. The Bertz CT molecular complexity index is 514. The predicted octanol–water partition coefficient (Wildman–Crippen LogP) is 2.71. The van der Waals surface area contributed by atoms with Gasteiger partial charge in [-0.05, 0) is 34.5 Å². The SMILES string of the molecule is COc1ccc(Cc2csccc2=O)cc1. The molecule has 82 valence electrons. The van der Waals surface area contributed by atoms with Gasteiger partial charge in [-0.2, -0.15) is 11.3 Å². The molecule has 0 unspecified atom stereocenters. The summed E-state index contributed by atoms with van der Waals surface area (Å²) < 4.78 is 5.08. The Morgan fingerprint density at radius 1 is 1.19 bits per heavy atom. The molecule has 1 aromatic carbocycles. The number of hydrogen-bond acceptors (Lipinski definition) is 3. The highest BCUT2D eigenvalue weighted by Gasteiger charge is 2.00. The molecule has 0 saturated carbocycles. The number of hydrogen-bond donors (Lipinski definition) is 0. The molecule has 3 heteroatoms. The quantitative estimate of drug-likeness (QED) is 0.813. The van der Waals surface area contributed by atoms with Crippen molar-refractivity contribution in [2.24, 2.45) is 0 Å². The highest BCUT2D eigenvalue weighted by atomic mass is 32.1. The van der Waals surface area contributed by atoms with Crippen LogP contribution in [0.2, 0.25) is 0 Å². The Morgan fingerprint density at radius 2 is 1.94 bits per heavy atom. The Morgan fingerprint density at radius 3 is 2.56 bits per heavy atom. The third-order valence-corrected chi connectivity index (χ3v) is 3.09. The Hall–Kier alpha value is -1.61. The second-order valence-electron chi connectivity index (χ2n) is 3.47. The minimum absolute atomic E-state index is 0.106.